The van der Waals surface area contributed by atoms with Crippen LogP contribution >= 0.6 is 0 Å². The lowest BCUT2D eigenvalue weighted by Crippen LogP contribution is -2.44. The van der Waals surface area contributed by atoms with Crippen molar-refractivity contribution in [3.63, 3.8) is 0 Å². The SMILES string of the molecule is CNC(=O)NC(=O)[C@H](C)Nc1cccc(COC(C)C)c1. The molecule has 1 aromatic carbocycles. The quantitative estimate of drug-likeness (QED) is 0.748. The Morgan fingerprint density at radius 3 is 2.57 bits per heavy atom. The number of nitrogens with one attached hydrogen (secondary N) is 3. The fourth-order valence-corrected chi connectivity index (χ4v) is 1.61. The third-order valence-electron chi connectivity index (χ3n) is 2.75. The number of urea groups is 1. The Morgan fingerprint density at radius 2 is 1.95 bits per heavy atom. The van der Waals surface area contributed by atoms with Gasteiger partial charge in [0, 0.05) is 12.7 Å². The molecule has 0 radical (unpaired) electrons. The first-order valence-corrected chi connectivity index (χ1v) is 6.92. The lowest BCUT2D eigenvalue weighted by atomic mass is 10.2. The van der Waals surface area contributed by atoms with Crippen LogP contribution in [0.4, 0.5) is 10.5 Å². The largest absolute Gasteiger partial charge is 0.374 e. The molecule has 1 rings (SSSR count). The first kappa shape index (κ1) is 17.0. The number of amides is 3. The standard InChI is InChI=1S/C15H23N3O3/c1-10(2)21-9-12-6-5-7-13(8-12)17-11(3)14(19)18-15(20)16-4/h5-8,10-11,17H,9H2,1-4H3,(H2,16,18,19,20)/t11-/m0/s1. The molecular formula is C15H23N3O3. The highest BCUT2D eigenvalue weighted by atomic mass is 16.5. The van der Waals surface area contributed by atoms with Crippen molar-refractivity contribution in [3.8, 4) is 0 Å². The molecule has 0 spiro atoms. The molecule has 3 amide bonds. The maximum atomic E-state index is 11.8. The number of imide groups is 1. The number of rotatable bonds is 6. The Bertz CT molecular complexity index is 489. The summed E-state index contributed by atoms with van der Waals surface area (Å²) in [5, 5.41) is 7.62. The van der Waals surface area contributed by atoms with E-state index in [1.54, 1.807) is 6.92 Å². The maximum Gasteiger partial charge on any atom is 0.321 e. The van der Waals surface area contributed by atoms with Crippen LogP contribution in [0.15, 0.2) is 24.3 Å². The molecule has 1 atom stereocenters. The lowest BCUT2D eigenvalue weighted by molar-refractivity contribution is -0.120. The molecule has 0 aliphatic heterocycles. The number of benzene rings is 1. The Hall–Kier alpha value is -2.08. The average molecular weight is 293 g/mol. The van der Waals surface area contributed by atoms with E-state index in [9.17, 15) is 9.59 Å². The van der Waals surface area contributed by atoms with Gasteiger partial charge in [-0.15, -0.1) is 0 Å². The van der Waals surface area contributed by atoms with Gasteiger partial charge in [0.15, 0.2) is 0 Å². The van der Waals surface area contributed by atoms with Crippen LogP contribution in [0.1, 0.15) is 26.3 Å². The van der Waals surface area contributed by atoms with E-state index in [2.05, 4.69) is 16.0 Å². The van der Waals surface area contributed by atoms with Crippen LogP contribution < -0.4 is 16.0 Å². The third kappa shape index (κ3) is 6.27. The van der Waals surface area contributed by atoms with E-state index in [1.807, 2.05) is 38.1 Å². The molecule has 0 heterocycles. The summed E-state index contributed by atoms with van der Waals surface area (Å²) in [7, 11) is 1.46. The summed E-state index contributed by atoms with van der Waals surface area (Å²) in [6.45, 7) is 6.17. The molecule has 0 aliphatic carbocycles. The van der Waals surface area contributed by atoms with Gasteiger partial charge in [-0.05, 0) is 38.5 Å². The van der Waals surface area contributed by atoms with E-state index < -0.39 is 18.0 Å². The minimum atomic E-state index is -0.524. The monoisotopic (exact) mass is 293 g/mol. The zero-order valence-corrected chi connectivity index (χ0v) is 12.9. The molecule has 6 nitrogen and oxygen atoms in total. The smallest absolute Gasteiger partial charge is 0.321 e. The lowest BCUT2D eigenvalue weighted by Gasteiger charge is -2.15. The summed E-state index contributed by atoms with van der Waals surface area (Å²) >= 11 is 0. The maximum absolute atomic E-state index is 11.8. The van der Waals surface area contributed by atoms with Gasteiger partial charge in [0.2, 0.25) is 5.91 Å². The summed E-state index contributed by atoms with van der Waals surface area (Å²) in [5.74, 6) is -0.391. The van der Waals surface area contributed by atoms with Crippen LogP contribution in [0.25, 0.3) is 0 Å². The highest BCUT2D eigenvalue weighted by molar-refractivity contribution is 5.97. The molecule has 6 heteroatoms. The van der Waals surface area contributed by atoms with Crippen molar-refractivity contribution in [2.75, 3.05) is 12.4 Å². The Morgan fingerprint density at radius 1 is 1.24 bits per heavy atom. The van der Waals surface area contributed by atoms with Gasteiger partial charge in [0.25, 0.3) is 0 Å². The zero-order valence-electron chi connectivity index (χ0n) is 12.9. The summed E-state index contributed by atoms with van der Waals surface area (Å²) in [6, 6.07) is 6.60. The topological polar surface area (TPSA) is 79.5 Å². The van der Waals surface area contributed by atoms with Gasteiger partial charge in [0.05, 0.1) is 12.7 Å². The van der Waals surface area contributed by atoms with Gasteiger partial charge in [-0.25, -0.2) is 4.79 Å². The van der Waals surface area contributed by atoms with Gasteiger partial charge >= 0.3 is 6.03 Å². The number of hydrogen-bond donors (Lipinski definition) is 3. The average Bonchev–Trinajstić information content (AvgIpc) is 2.45. The van der Waals surface area contributed by atoms with Crippen LogP contribution in [0.3, 0.4) is 0 Å². The minimum Gasteiger partial charge on any atom is -0.374 e. The Labute approximate surface area is 125 Å². The van der Waals surface area contributed by atoms with Crippen LogP contribution in [-0.2, 0) is 16.1 Å². The number of carbonyl (C=O) groups excluding carboxylic acids is 2. The van der Waals surface area contributed by atoms with E-state index >= 15 is 0 Å². The Kier molecular flexibility index (Phi) is 6.68. The van der Waals surface area contributed by atoms with Crippen LogP contribution in [0, 0.1) is 0 Å². The molecule has 0 saturated heterocycles. The number of anilines is 1. The second-order valence-corrected chi connectivity index (χ2v) is 4.99. The van der Waals surface area contributed by atoms with Crippen molar-refractivity contribution in [3.05, 3.63) is 29.8 Å². The van der Waals surface area contributed by atoms with E-state index in [0.717, 1.165) is 11.3 Å². The van der Waals surface area contributed by atoms with E-state index in [-0.39, 0.29) is 6.10 Å². The fourth-order valence-electron chi connectivity index (χ4n) is 1.61. The predicted molar refractivity (Wildman–Crippen MR) is 82.1 cm³/mol. The van der Waals surface area contributed by atoms with Crippen LogP contribution in [-0.4, -0.2) is 31.1 Å². The minimum absolute atomic E-state index is 0.166. The summed E-state index contributed by atoms with van der Waals surface area (Å²) in [5.41, 5.74) is 1.83. The van der Waals surface area contributed by atoms with Crippen molar-refractivity contribution < 1.29 is 14.3 Å². The van der Waals surface area contributed by atoms with Crippen molar-refractivity contribution in [2.45, 2.75) is 39.5 Å². The summed E-state index contributed by atoms with van der Waals surface area (Å²) in [6.07, 6.45) is 0.166. The second kappa shape index (κ2) is 8.26. The zero-order chi connectivity index (χ0) is 15.8. The predicted octanol–water partition coefficient (Wildman–Crippen LogP) is 1.87. The van der Waals surface area contributed by atoms with E-state index in [1.165, 1.54) is 7.05 Å². The van der Waals surface area contributed by atoms with Gasteiger partial charge in [-0.2, -0.15) is 0 Å². The van der Waals surface area contributed by atoms with Crippen molar-refractivity contribution >= 4 is 17.6 Å². The number of carbonyl (C=O) groups is 2. The summed E-state index contributed by atoms with van der Waals surface area (Å²) < 4.78 is 5.54. The van der Waals surface area contributed by atoms with Gasteiger partial charge in [0.1, 0.15) is 6.04 Å². The summed E-state index contributed by atoms with van der Waals surface area (Å²) in [4.78, 5) is 22.9. The molecule has 0 saturated carbocycles. The van der Waals surface area contributed by atoms with E-state index in [0.29, 0.717) is 6.61 Å². The molecule has 0 fully saturated rings. The highest BCUT2D eigenvalue weighted by Crippen LogP contribution is 2.13. The first-order chi connectivity index (χ1) is 9.92. The Balaban J connectivity index is 2.59. The molecular weight excluding hydrogens is 270 g/mol. The van der Waals surface area contributed by atoms with Gasteiger partial charge < -0.3 is 15.4 Å². The van der Waals surface area contributed by atoms with Crippen molar-refractivity contribution in [2.24, 2.45) is 0 Å². The van der Waals surface area contributed by atoms with Gasteiger partial charge in [-0.3, -0.25) is 10.1 Å². The third-order valence-corrected chi connectivity index (χ3v) is 2.75. The molecule has 1 aromatic rings. The first-order valence-electron chi connectivity index (χ1n) is 6.92. The fraction of sp³-hybridized carbons (Fsp3) is 0.467. The van der Waals surface area contributed by atoms with Crippen molar-refractivity contribution in [1.29, 1.82) is 0 Å². The molecule has 116 valence electrons. The van der Waals surface area contributed by atoms with Crippen molar-refractivity contribution in [1.82, 2.24) is 10.6 Å². The molecule has 0 aliphatic rings. The van der Waals surface area contributed by atoms with Crippen LogP contribution in [0.5, 0.6) is 0 Å². The molecule has 0 bridgehead atoms. The van der Waals surface area contributed by atoms with E-state index in [4.69, 9.17) is 4.74 Å². The number of ether oxygens (including phenoxy) is 1. The van der Waals surface area contributed by atoms with Gasteiger partial charge in [-0.1, -0.05) is 12.1 Å². The molecule has 0 unspecified atom stereocenters. The normalized spacial score (nSPS) is 11.9. The molecule has 21 heavy (non-hydrogen) atoms. The van der Waals surface area contributed by atoms with Crippen LogP contribution in [0.2, 0.25) is 0 Å². The molecule has 3 N–H and O–H groups in total. The second-order valence-electron chi connectivity index (χ2n) is 4.99. The number of hydrogen-bond acceptors (Lipinski definition) is 4. The molecule has 0 aromatic heterocycles. The highest BCUT2D eigenvalue weighted by Gasteiger charge is 2.14.